The van der Waals surface area contributed by atoms with Gasteiger partial charge in [-0.25, -0.2) is 0 Å². The fourth-order valence-electron chi connectivity index (χ4n) is 1.46. The number of ether oxygens (including phenoxy) is 1. The first-order valence-electron chi connectivity index (χ1n) is 5.10. The summed E-state index contributed by atoms with van der Waals surface area (Å²) in [6.07, 6.45) is 0.0757. The molecule has 4 nitrogen and oxygen atoms in total. The minimum absolute atomic E-state index is 0.0757. The van der Waals surface area contributed by atoms with Crippen LogP contribution in [-0.4, -0.2) is 17.7 Å². The Hall–Kier alpha value is -1.57. The molecule has 0 heterocycles. The van der Waals surface area contributed by atoms with Gasteiger partial charge in [-0.05, 0) is 24.1 Å². The lowest BCUT2D eigenvalue weighted by atomic mass is 10.0. The number of hydrogen-bond donors (Lipinski definition) is 1. The van der Waals surface area contributed by atoms with Crippen molar-refractivity contribution in [2.24, 2.45) is 0 Å². The van der Waals surface area contributed by atoms with E-state index in [-0.39, 0.29) is 29.6 Å². The number of nitrogens with zero attached hydrogens (tertiary/aromatic N) is 1. The summed E-state index contributed by atoms with van der Waals surface area (Å²) in [7, 11) is 0. The summed E-state index contributed by atoms with van der Waals surface area (Å²) < 4.78 is 4.81. The van der Waals surface area contributed by atoms with Crippen molar-refractivity contribution in [2.75, 3.05) is 6.61 Å². The Labute approximate surface area is 104 Å². The highest BCUT2D eigenvalue weighted by atomic mass is 35.5. The first-order chi connectivity index (χ1) is 8.12. The molecule has 1 rings (SSSR count). The maximum atomic E-state index is 11.3. The number of hydrogen-bond acceptors (Lipinski definition) is 4. The van der Waals surface area contributed by atoms with Crippen molar-refractivity contribution in [1.82, 2.24) is 0 Å². The lowest BCUT2D eigenvalue weighted by Gasteiger charge is -2.07. The fourth-order valence-corrected chi connectivity index (χ4v) is 1.76. The molecular weight excluding hydrogens is 242 g/mol. The van der Waals surface area contributed by atoms with Gasteiger partial charge in [0.05, 0.1) is 30.2 Å². The van der Waals surface area contributed by atoms with E-state index in [1.165, 1.54) is 6.07 Å². The summed E-state index contributed by atoms with van der Waals surface area (Å²) in [5.41, 5.74) is 1.28. The highest BCUT2D eigenvalue weighted by Crippen LogP contribution is 2.22. The van der Waals surface area contributed by atoms with Gasteiger partial charge in [-0.1, -0.05) is 17.7 Å². The van der Waals surface area contributed by atoms with Gasteiger partial charge < -0.3 is 9.84 Å². The van der Waals surface area contributed by atoms with Gasteiger partial charge in [0, 0.05) is 0 Å². The summed E-state index contributed by atoms with van der Waals surface area (Å²) in [6, 6.07) is 5.03. The van der Waals surface area contributed by atoms with Crippen LogP contribution in [0.4, 0.5) is 0 Å². The van der Waals surface area contributed by atoms with Crippen LogP contribution in [0.3, 0.4) is 0 Å². The van der Waals surface area contributed by atoms with E-state index in [4.69, 9.17) is 26.7 Å². The molecule has 0 fully saturated rings. The Bertz CT molecular complexity index is 466. The molecule has 0 aliphatic heterocycles. The molecule has 0 saturated carbocycles. The van der Waals surface area contributed by atoms with E-state index < -0.39 is 0 Å². The van der Waals surface area contributed by atoms with E-state index >= 15 is 0 Å². The second-order valence-electron chi connectivity index (χ2n) is 3.36. The van der Waals surface area contributed by atoms with Gasteiger partial charge in [-0.15, -0.1) is 0 Å². The van der Waals surface area contributed by atoms with Crippen LogP contribution in [0, 0.1) is 11.3 Å². The molecule has 0 saturated heterocycles. The molecule has 90 valence electrons. The third-order valence-electron chi connectivity index (χ3n) is 2.17. The molecular formula is C12H12ClNO3. The number of rotatable bonds is 4. The standard InChI is InChI=1S/C12H12ClNO3/c1-2-17-12(16)5-8-3-9(7-15)10(6-14)11(13)4-8/h3-4,15H,2,5,7H2,1H3. The van der Waals surface area contributed by atoms with Crippen molar-refractivity contribution in [1.29, 1.82) is 5.26 Å². The molecule has 0 spiro atoms. The second kappa shape index (κ2) is 6.24. The Morgan fingerprint density at radius 2 is 2.29 bits per heavy atom. The van der Waals surface area contributed by atoms with Gasteiger partial charge in [0.15, 0.2) is 0 Å². The van der Waals surface area contributed by atoms with E-state index in [1.54, 1.807) is 13.0 Å². The number of halogens is 1. The molecule has 0 unspecified atom stereocenters. The number of benzene rings is 1. The second-order valence-corrected chi connectivity index (χ2v) is 3.77. The van der Waals surface area contributed by atoms with Crippen LogP contribution in [0.15, 0.2) is 12.1 Å². The molecule has 0 amide bonds. The predicted octanol–water partition coefficient (Wildman–Crippen LogP) is 1.81. The monoisotopic (exact) mass is 253 g/mol. The molecule has 0 bridgehead atoms. The van der Waals surface area contributed by atoms with E-state index in [1.807, 2.05) is 6.07 Å². The van der Waals surface area contributed by atoms with Crippen molar-refractivity contribution < 1.29 is 14.6 Å². The average molecular weight is 254 g/mol. The summed E-state index contributed by atoms with van der Waals surface area (Å²) >= 11 is 5.89. The minimum atomic E-state index is -0.364. The Kier molecular flexibility index (Phi) is 4.95. The summed E-state index contributed by atoms with van der Waals surface area (Å²) in [5, 5.41) is 18.2. The smallest absolute Gasteiger partial charge is 0.310 e. The zero-order chi connectivity index (χ0) is 12.8. The summed E-state index contributed by atoms with van der Waals surface area (Å²) in [4.78, 5) is 11.3. The number of esters is 1. The van der Waals surface area contributed by atoms with Crippen molar-refractivity contribution in [3.63, 3.8) is 0 Å². The zero-order valence-electron chi connectivity index (χ0n) is 9.36. The van der Waals surface area contributed by atoms with Gasteiger partial charge in [0.25, 0.3) is 0 Å². The zero-order valence-corrected chi connectivity index (χ0v) is 10.1. The summed E-state index contributed by atoms with van der Waals surface area (Å²) in [5.74, 6) is -0.364. The number of nitriles is 1. The molecule has 1 N–H and O–H groups in total. The third kappa shape index (κ3) is 3.45. The van der Waals surface area contributed by atoms with Gasteiger partial charge >= 0.3 is 5.97 Å². The van der Waals surface area contributed by atoms with Crippen LogP contribution < -0.4 is 0 Å². The molecule has 1 aromatic rings. The average Bonchev–Trinajstić information content (AvgIpc) is 2.28. The lowest BCUT2D eigenvalue weighted by molar-refractivity contribution is -0.142. The molecule has 0 atom stereocenters. The molecule has 0 aromatic heterocycles. The topological polar surface area (TPSA) is 70.3 Å². The third-order valence-corrected chi connectivity index (χ3v) is 2.47. The molecule has 0 radical (unpaired) electrons. The van der Waals surface area contributed by atoms with E-state index in [0.717, 1.165) is 0 Å². The highest BCUT2D eigenvalue weighted by molar-refractivity contribution is 6.31. The number of aliphatic hydroxyl groups is 1. The number of carbonyl (C=O) groups excluding carboxylic acids is 1. The maximum Gasteiger partial charge on any atom is 0.310 e. The molecule has 17 heavy (non-hydrogen) atoms. The van der Waals surface area contributed by atoms with Crippen molar-refractivity contribution in [3.05, 3.63) is 33.8 Å². The first kappa shape index (κ1) is 13.5. The first-order valence-corrected chi connectivity index (χ1v) is 5.48. The number of carbonyl (C=O) groups is 1. The normalized spacial score (nSPS) is 9.76. The Morgan fingerprint density at radius 1 is 1.59 bits per heavy atom. The molecule has 1 aromatic carbocycles. The Morgan fingerprint density at radius 3 is 2.82 bits per heavy atom. The molecule has 0 aliphatic rings. The fraction of sp³-hybridized carbons (Fsp3) is 0.333. The Balaban J connectivity index is 3.00. The van der Waals surface area contributed by atoms with Crippen molar-refractivity contribution >= 4 is 17.6 Å². The summed E-state index contributed by atoms with van der Waals surface area (Å²) in [6.45, 7) is 1.75. The number of aliphatic hydroxyl groups excluding tert-OH is 1. The SMILES string of the molecule is CCOC(=O)Cc1cc(Cl)c(C#N)c(CO)c1. The predicted molar refractivity (Wildman–Crippen MR) is 62.4 cm³/mol. The van der Waals surface area contributed by atoms with Crippen LogP contribution in [-0.2, 0) is 22.6 Å². The molecule has 5 heteroatoms. The van der Waals surface area contributed by atoms with Crippen LogP contribution in [0.1, 0.15) is 23.6 Å². The van der Waals surface area contributed by atoms with Crippen LogP contribution in [0.5, 0.6) is 0 Å². The van der Waals surface area contributed by atoms with Crippen molar-refractivity contribution in [2.45, 2.75) is 20.0 Å². The maximum absolute atomic E-state index is 11.3. The van der Waals surface area contributed by atoms with E-state index in [2.05, 4.69) is 0 Å². The minimum Gasteiger partial charge on any atom is -0.466 e. The van der Waals surface area contributed by atoms with Crippen LogP contribution in [0.25, 0.3) is 0 Å². The van der Waals surface area contributed by atoms with Gasteiger partial charge in [-0.3, -0.25) is 4.79 Å². The van der Waals surface area contributed by atoms with Gasteiger partial charge in [0.1, 0.15) is 6.07 Å². The largest absolute Gasteiger partial charge is 0.466 e. The van der Waals surface area contributed by atoms with Gasteiger partial charge in [0.2, 0.25) is 0 Å². The lowest BCUT2D eigenvalue weighted by Crippen LogP contribution is -2.08. The quantitative estimate of drug-likeness (QED) is 0.831. The van der Waals surface area contributed by atoms with Crippen LogP contribution in [0.2, 0.25) is 5.02 Å². The van der Waals surface area contributed by atoms with E-state index in [9.17, 15) is 4.79 Å². The van der Waals surface area contributed by atoms with Gasteiger partial charge in [-0.2, -0.15) is 5.26 Å². The molecule has 0 aliphatic carbocycles. The van der Waals surface area contributed by atoms with Crippen LogP contribution >= 0.6 is 11.6 Å². The highest BCUT2D eigenvalue weighted by Gasteiger charge is 2.11. The van der Waals surface area contributed by atoms with E-state index in [0.29, 0.717) is 17.7 Å². The van der Waals surface area contributed by atoms with Crippen molar-refractivity contribution in [3.8, 4) is 6.07 Å².